The van der Waals surface area contributed by atoms with Gasteiger partial charge in [-0.3, -0.25) is 4.90 Å². The third kappa shape index (κ3) is 3.23. The van der Waals surface area contributed by atoms with Gasteiger partial charge in [0.15, 0.2) is 0 Å². The Morgan fingerprint density at radius 2 is 1.59 bits per heavy atom. The SMILES string of the molecule is CCNC1CCCCC1N(CC)C1CCCC1. The molecule has 2 rings (SSSR count). The van der Waals surface area contributed by atoms with Crippen molar-refractivity contribution >= 4 is 0 Å². The van der Waals surface area contributed by atoms with Crippen molar-refractivity contribution in [3.8, 4) is 0 Å². The Hall–Kier alpha value is -0.0800. The first-order valence-electron chi connectivity index (χ1n) is 7.86. The Labute approximate surface area is 107 Å². The van der Waals surface area contributed by atoms with Crippen molar-refractivity contribution in [1.82, 2.24) is 10.2 Å². The Morgan fingerprint density at radius 3 is 2.24 bits per heavy atom. The van der Waals surface area contributed by atoms with E-state index in [2.05, 4.69) is 24.1 Å². The van der Waals surface area contributed by atoms with Crippen LogP contribution in [0, 0.1) is 0 Å². The van der Waals surface area contributed by atoms with E-state index >= 15 is 0 Å². The summed E-state index contributed by atoms with van der Waals surface area (Å²) in [6.07, 6.45) is 11.5. The fraction of sp³-hybridized carbons (Fsp3) is 1.00. The number of rotatable bonds is 5. The van der Waals surface area contributed by atoms with E-state index in [-0.39, 0.29) is 0 Å². The van der Waals surface area contributed by atoms with Gasteiger partial charge in [-0.25, -0.2) is 0 Å². The van der Waals surface area contributed by atoms with Crippen molar-refractivity contribution in [3.05, 3.63) is 0 Å². The minimum absolute atomic E-state index is 0.759. The van der Waals surface area contributed by atoms with E-state index in [4.69, 9.17) is 0 Å². The largest absolute Gasteiger partial charge is 0.313 e. The van der Waals surface area contributed by atoms with Crippen molar-refractivity contribution in [1.29, 1.82) is 0 Å². The fourth-order valence-electron chi connectivity index (χ4n) is 4.01. The van der Waals surface area contributed by atoms with Crippen molar-refractivity contribution in [2.45, 2.75) is 83.3 Å². The van der Waals surface area contributed by atoms with Gasteiger partial charge in [-0.05, 0) is 38.8 Å². The van der Waals surface area contributed by atoms with Gasteiger partial charge in [-0.15, -0.1) is 0 Å². The zero-order chi connectivity index (χ0) is 12.1. The molecule has 2 aliphatic rings. The van der Waals surface area contributed by atoms with Crippen LogP contribution >= 0.6 is 0 Å². The molecule has 0 bridgehead atoms. The van der Waals surface area contributed by atoms with Crippen LogP contribution in [0.4, 0.5) is 0 Å². The highest BCUT2D eigenvalue weighted by Gasteiger charge is 2.33. The topological polar surface area (TPSA) is 15.3 Å². The maximum atomic E-state index is 3.73. The molecule has 0 aliphatic heterocycles. The molecule has 100 valence electrons. The van der Waals surface area contributed by atoms with Crippen molar-refractivity contribution in [2.75, 3.05) is 13.1 Å². The number of hydrogen-bond acceptors (Lipinski definition) is 2. The van der Waals surface area contributed by atoms with Gasteiger partial charge in [0.1, 0.15) is 0 Å². The molecule has 2 heteroatoms. The van der Waals surface area contributed by atoms with Gasteiger partial charge < -0.3 is 5.32 Å². The number of nitrogens with one attached hydrogen (secondary N) is 1. The molecule has 0 aromatic carbocycles. The van der Waals surface area contributed by atoms with Crippen LogP contribution in [0.2, 0.25) is 0 Å². The Kier molecular flexibility index (Phi) is 5.30. The fourth-order valence-corrected chi connectivity index (χ4v) is 4.01. The van der Waals surface area contributed by atoms with Crippen LogP contribution in [-0.4, -0.2) is 36.1 Å². The van der Waals surface area contributed by atoms with Crippen LogP contribution in [0.15, 0.2) is 0 Å². The monoisotopic (exact) mass is 238 g/mol. The molecule has 1 N–H and O–H groups in total. The highest BCUT2D eigenvalue weighted by molar-refractivity contribution is 4.91. The van der Waals surface area contributed by atoms with E-state index in [1.54, 1.807) is 0 Å². The van der Waals surface area contributed by atoms with E-state index in [0.717, 1.165) is 24.7 Å². The van der Waals surface area contributed by atoms with Crippen LogP contribution in [0.1, 0.15) is 65.2 Å². The van der Waals surface area contributed by atoms with Gasteiger partial charge in [0.25, 0.3) is 0 Å². The summed E-state index contributed by atoms with van der Waals surface area (Å²) in [4.78, 5) is 2.83. The number of hydrogen-bond donors (Lipinski definition) is 1. The van der Waals surface area contributed by atoms with Gasteiger partial charge in [0.2, 0.25) is 0 Å². The van der Waals surface area contributed by atoms with Gasteiger partial charge in [-0.1, -0.05) is 39.5 Å². The molecule has 0 saturated heterocycles. The zero-order valence-corrected chi connectivity index (χ0v) is 11.8. The average Bonchev–Trinajstić information content (AvgIpc) is 2.86. The number of nitrogens with zero attached hydrogens (tertiary/aromatic N) is 1. The predicted molar refractivity (Wildman–Crippen MR) is 74.4 cm³/mol. The maximum absolute atomic E-state index is 3.73. The number of likely N-dealkylation sites (N-methyl/N-ethyl adjacent to an activating group) is 2. The highest BCUT2D eigenvalue weighted by Crippen LogP contribution is 2.30. The molecule has 0 radical (unpaired) electrons. The Morgan fingerprint density at radius 1 is 0.941 bits per heavy atom. The molecule has 0 spiro atoms. The summed E-state index contributed by atoms with van der Waals surface area (Å²) < 4.78 is 0. The summed E-state index contributed by atoms with van der Waals surface area (Å²) in [5, 5.41) is 3.73. The lowest BCUT2D eigenvalue weighted by Gasteiger charge is -2.43. The second-order valence-electron chi connectivity index (χ2n) is 5.78. The van der Waals surface area contributed by atoms with E-state index in [1.807, 2.05) is 0 Å². The van der Waals surface area contributed by atoms with Crippen molar-refractivity contribution < 1.29 is 0 Å². The lowest BCUT2D eigenvalue weighted by molar-refractivity contribution is 0.0860. The second-order valence-corrected chi connectivity index (χ2v) is 5.78. The highest BCUT2D eigenvalue weighted by atomic mass is 15.2. The maximum Gasteiger partial charge on any atom is 0.0252 e. The smallest absolute Gasteiger partial charge is 0.0252 e. The summed E-state index contributed by atoms with van der Waals surface area (Å²) in [6, 6.07) is 2.47. The molecular weight excluding hydrogens is 208 g/mol. The van der Waals surface area contributed by atoms with Crippen LogP contribution < -0.4 is 5.32 Å². The second kappa shape index (κ2) is 6.75. The third-order valence-electron chi connectivity index (χ3n) is 4.78. The first-order chi connectivity index (χ1) is 8.36. The van der Waals surface area contributed by atoms with Gasteiger partial charge in [-0.2, -0.15) is 0 Å². The standard InChI is InChI=1S/C15H30N2/c1-3-16-14-11-7-8-12-15(14)17(4-2)13-9-5-6-10-13/h13-16H,3-12H2,1-2H3. The summed E-state index contributed by atoms with van der Waals surface area (Å²) in [5.41, 5.74) is 0. The molecule has 0 heterocycles. The quantitative estimate of drug-likeness (QED) is 0.791. The van der Waals surface area contributed by atoms with E-state index in [9.17, 15) is 0 Å². The van der Waals surface area contributed by atoms with Crippen molar-refractivity contribution in [2.24, 2.45) is 0 Å². The zero-order valence-electron chi connectivity index (χ0n) is 11.8. The Balaban J connectivity index is 1.99. The van der Waals surface area contributed by atoms with Crippen LogP contribution in [0.25, 0.3) is 0 Å². The van der Waals surface area contributed by atoms with E-state index in [0.29, 0.717) is 0 Å². The molecule has 0 aromatic rings. The molecule has 2 unspecified atom stereocenters. The van der Waals surface area contributed by atoms with Crippen LogP contribution in [-0.2, 0) is 0 Å². The molecule has 17 heavy (non-hydrogen) atoms. The van der Waals surface area contributed by atoms with Crippen LogP contribution in [0.5, 0.6) is 0 Å². The summed E-state index contributed by atoms with van der Waals surface area (Å²) >= 11 is 0. The molecule has 2 atom stereocenters. The van der Waals surface area contributed by atoms with E-state index in [1.165, 1.54) is 57.9 Å². The molecule has 0 amide bonds. The summed E-state index contributed by atoms with van der Waals surface area (Å²) in [6.45, 7) is 6.98. The molecule has 2 fully saturated rings. The van der Waals surface area contributed by atoms with Gasteiger partial charge in [0.05, 0.1) is 0 Å². The predicted octanol–water partition coefficient (Wildman–Crippen LogP) is 3.17. The minimum Gasteiger partial charge on any atom is -0.313 e. The minimum atomic E-state index is 0.759. The summed E-state index contributed by atoms with van der Waals surface area (Å²) in [7, 11) is 0. The molecule has 2 saturated carbocycles. The lowest BCUT2D eigenvalue weighted by atomic mass is 9.88. The first-order valence-corrected chi connectivity index (χ1v) is 7.86. The van der Waals surface area contributed by atoms with E-state index < -0.39 is 0 Å². The molecule has 0 aromatic heterocycles. The molecule has 2 nitrogen and oxygen atoms in total. The summed E-state index contributed by atoms with van der Waals surface area (Å²) in [5.74, 6) is 0. The first kappa shape index (κ1) is 13.4. The van der Waals surface area contributed by atoms with Crippen molar-refractivity contribution in [3.63, 3.8) is 0 Å². The van der Waals surface area contributed by atoms with Gasteiger partial charge >= 0.3 is 0 Å². The molecular formula is C15H30N2. The Bertz CT molecular complexity index is 209. The average molecular weight is 238 g/mol. The lowest BCUT2D eigenvalue weighted by Crippen LogP contribution is -2.54. The van der Waals surface area contributed by atoms with Gasteiger partial charge in [0, 0.05) is 18.1 Å². The third-order valence-corrected chi connectivity index (χ3v) is 4.78. The molecule has 2 aliphatic carbocycles. The van der Waals surface area contributed by atoms with Crippen LogP contribution in [0.3, 0.4) is 0 Å². The normalized spacial score (nSPS) is 31.2.